The predicted molar refractivity (Wildman–Crippen MR) is 70.9 cm³/mol. The van der Waals surface area contributed by atoms with Gasteiger partial charge >= 0.3 is 0 Å². The minimum atomic E-state index is -3.17. The molecule has 1 heterocycles. The first-order valence-electron chi connectivity index (χ1n) is 5.28. The van der Waals surface area contributed by atoms with Crippen LogP contribution in [-0.2, 0) is 20.7 Å². The van der Waals surface area contributed by atoms with Crippen LogP contribution in [0.3, 0.4) is 0 Å². The van der Waals surface area contributed by atoms with Gasteiger partial charge < -0.3 is 4.57 Å². The zero-order valence-corrected chi connectivity index (χ0v) is 13.1. The van der Waals surface area contributed by atoms with Gasteiger partial charge in [-0.05, 0) is 27.7 Å². The fourth-order valence-corrected chi connectivity index (χ4v) is 2.50. The molecule has 98 valence electrons. The molecule has 7 heteroatoms. The third-order valence-corrected chi connectivity index (χ3v) is 4.55. The SMILES string of the molecule is CC(c1nnc(CBr)n1C(C)(C)C)S(C)(=O)=O. The molecule has 1 aromatic rings. The van der Waals surface area contributed by atoms with Gasteiger partial charge in [0.25, 0.3) is 0 Å². The fourth-order valence-electron chi connectivity index (χ4n) is 1.60. The lowest BCUT2D eigenvalue weighted by atomic mass is 10.1. The van der Waals surface area contributed by atoms with E-state index < -0.39 is 15.1 Å². The smallest absolute Gasteiger partial charge is 0.157 e. The molecular formula is C10H18BrN3O2S. The fraction of sp³-hybridized carbons (Fsp3) is 0.800. The molecular weight excluding hydrogens is 306 g/mol. The number of sulfone groups is 1. The van der Waals surface area contributed by atoms with Crippen molar-refractivity contribution in [2.75, 3.05) is 6.26 Å². The predicted octanol–water partition coefficient (Wildman–Crippen LogP) is 2.03. The monoisotopic (exact) mass is 323 g/mol. The van der Waals surface area contributed by atoms with Gasteiger partial charge in [-0.15, -0.1) is 10.2 Å². The summed E-state index contributed by atoms with van der Waals surface area (Å²) in [5.74, 6) is 1.23. The summed E-state index contributed by atoms with van der Waals surface area (Å²) in [6.07, 6.45) is 1.22. The van der Waals surface area contributed by atoms with Gasteiger partial charge in [0.05, 0.1) is 5.33 Å². The molecule has 0 spiro atoms. The molecule has 0 saturated heterocycles. The highest BCUT2D eigenvalue weighted by Gasteiger charge is 2.29. The van der Waals surface area contributed by atoms with Crippen molar-refractivity contribution in [3.63, 3.8) is 0 Å². The number of aromatic nitrogens is 3. The zero-order valence-electron chi connectivity index (χ0n) is 10.7. The Labute approximate surface area is 111 Å². The lowest BCUT2D eigenvalue weighted by molar-refractivity contribution is 0.372. The minimum absolute atomic E-state index is 0.249. The number of alkyl halides is 1. The van der Waals surface area contributed by atoms with Crippen molar-refractivity contribution in [3.05, 3.63) is 11.6 Å². The highest BCUT2D eigenvalue weighted by molar-refractivity contribution is 9.08. The third kappa shape index (κ3) is 3.07. The Morgan fingerprint density at radius 2 is 1.88 bits per heavy atom. The van der Waals surface area contributed by atoms with E-state index in [2.05, 4.69) is 26.1 Å². The molecule has 0 amide bonds. The summed E-state index contributed by atoms with van der Waals surface area (Å²) in [7, 11) is -3.17. The molecule has 0 aliphatic rings. The molecule has 0 aromatic carbocycles. The summed E-state index contributed by atoms with van der Waals surface area (Å²) < 4.78 is 25.1. The summed E-state index contributed by atoms with van der Waals surface area (Å²) in [5, 5.41) is 7.96. The van der Waals surface area contributed by atoms with Crippen LogP contribution in [0.4, 0.5) is 0 Å². The maximum absolute atomic E-state index is 11.6. The standard InChI is InChI=1S/C10H18BrN3O2S/c1-7(17(5,15)16)9-13-12-8(6-11)14(9)10(2,3)4/h7H,6H2,1-5H3. The van der Waals surface area contributed by atoms with Crippen LogP contribution in [0.1, 0.15) is 44.6 Å². The number of nitrogens with zero attached hydrogens (tertiary/aromatic N) is 3. The molecule has 0 bridgehead atoms. The number of hydrogen-bond donors (Lipinski definition) is 0. The van der Waals surface area contributed by atoms with Gasteiger partial charge in [-0.1, -0.05) is 15.9 Å². The molecule has 0 N–H and O–H groups in total. The first-order chi connectivity index (χ1) is 7.59. The highest BCUT2D eigenvalue weighted by atomic mass is 79.9. The third-order valence-electron chi connectivity index (χ3n) is 2.55. The Balaban J connectivity index is 3.42. The van der Waals surface area contributed by atoms with E-state index in [4.69, 9.17) is 0 Å². The van der Waals surface area contributed by atoms with Crippen molar-refractivity contribution < 1.29 is 8.42 Å². The second kappa shape index (κ2) is 4.68. The van der Waals surface area contributed by atoms with E-state index in [-0.39, 0.29) is 5.54 Å². The van der Waals surface area contributed by atoms with Crippen LogP contribution < -0.4 is 0 Å². The molecule has 1 aromatic heterocycles. The van der Waals surface area contributed by atoms with Crippen molar-refractivity contribution in [2.45, 2.75) is 43.8 Å². The Morgan fingerprint density at radius 1 is 1.35 bits per heavy atom. The van der Waals surface area contributed by atoms with Crippen LogP contribution >= 0.6 is 15.9 Å². The van der Waals surface area contributed by atoms with Crippen LogP contribution in [-0.4, -0.2) is 29.4 Å². The normalized spacial score (nSPS) is 14.9. The highest BCUT2D eigenvalue weighted by Crippen LogP contribution is 2.27. The summed E-state index contributed by atoms with van der Waals surface area (Å²) in [5.41, 5.74) is -0.249. The van der Waals surface area contributed by atoms with Crippen molar-refractivity contribution in [1.82, 2.24) is 14.8 Å². The molecule has 1 atom stereocenters. The summed E-state index contributed by atoms with van der Waals surface area (Å²) in [6, 6.07) is 0. The Hall–Kier alpha value is -0.430. The van der Waals surface area contributed by atoms with Gasteiger partial charge in [-0.25, -0.2) is 8.42 Å². The van der Waals surface area contributed by atoms with E-state index in [1.54, 1.807) is 6.92 Å². The van der Waals surface area contributed by atoms with E-state index in [1.807, 2.05) is 25.3 Å². The van der Waals surface area contributed by atoms with Crippen LogP contribution in [0.15, 0.2) is 0 Å². The first-order valence-corrected chi connectivity index (χ1v) is 8.36. The average molecular weight is 324 g/mol. The second-order valence-electron chi connectivity index (χ2n) is 5.09. The van der Waals surface area contributed by atoms with Crippen LogP contribution in [0, 0.1) is 0 Å². The summed E-state index contributed by atoms with van der Waals surface area (Å²) >= 11 is 3.34. The van der Waals surface area contributed by atoms with E-state index in [1.165, 1.54) is 6.26 Å². The number of rotatable bonds is 3. The van der Waals surface area contributed by atoms with Gasteiger partial charge in [0.2, 0.25) is 0 Å². The molecule has 0 saturated carbocycles. The van der Waals surface area contributed by atoms with Gasteiger partial charge in [0.15, 0.2) is 15.7 Å². The van der Waals surface area contributed by atoms with Crippen LogP contribution in [0.5, 0.6) is 0 Å². The molecule has 0 aliphatic carbocycles. The summed E-state index contributed by atoms with van der Waals surface area (Å²) in [4.78, 5) is 0. The van der Waals surface area contributed by atoms with Gasteiger partial charge in [-0.2, -0.15) is 0 Å². The quantitative estimate of drug-likeness (QED) is 0.798. The van der Waals surface area contributed by atoms with E-state index >= 15 is 0 Å². The lowest BCUT2D eigenvalue weighted by Gasteiger charge is -2.26. The Bertz CT molecular complexity index is 502. The van der Waals surface area contributed by atoms with Crippen LogP contribution in [0.2, 0.25) is 0 Å². The number of halogens is 1. The minimum Gasteiger partial charge on any atom is -0.308 e. The van der Waals surface area contributed by atoms with Crippen molar-refractivity contribution in [3.8, 4) is 0 Å². The van der Waals surface area contributed by atoms with Crippen LogP contribution in [0.25, 0.3) is 0 Å². The van der Waals surface area contributed by atoms with Crippen molar-refractivity contribution in [2.24, 2.45) is 0 Å². The van der Waals surface area contributed by atoms with Crippen molar-refractivity contribution in [1.29, 1.82) is 0 Å². The molecule has 0 radical (unpaired) electrons. The van der Waals surface area contributed by atoms with Gasteiger partial charge in [-0.3, -0.25) is 0 Å². The Morgan fingerprint density at radius 3 is 2.24 bits per heavy atom. The molecule has 17 heavy (non-hydrogen) atoms. The van der Waals surface area contributed by atoms with E-state index in [0.29, 0.717) is 11.2 Å². The summed E-state index contributed by atoms with van der Waals surface area (Å²) in [6.45, 7) is 7.64. The lowest BCUT2D eigenvalue weighted by Crippen LogP contribution is -2.28. The molecule has 1 rings (SSSR count). The number of hydrogen-bond acceptors (Lipinski definition) is 4. The largest absolute Gasteiger partial charge is 0.308 e. The van der Waals surface area contributed by atoms with Gasteiger partial charge in [0, 0.05) is 11.8 Å². The second-order valence-corrected chi connectivity index (χ2v) is 8.01. The maximum atomic E-state index is 11.6. The average Bonchev–Trinajstić information content (AvgIpc) is 2.57. The molecule has 0 aliphatic heterocycles. The van der Waals surface area contributed by atoms with Crippen molar-refractivity contribution >= 4 is 25.8 Å². The Kier molecular flexibility index (Phi) is 4.03. The molecule has 1 unspecified atom stereocenters. The molecule has 5 nitrogen and oxygen atoms in total. The zero-order chi connectivity index (χ0) is 13.4. The van der Waals surface area contributed by atoms with Gasteiger partial charge in [0.1, 0.15) is 11.1 Å². The topological polar surface area (TPSA) is 64.8 Å². The van der Waals surface area contributed by atoms with E-state index in [9.17, 15) is 8.42 Å². The maximum Gasteiger partial charge on any atom is 0.157 e. The first kappa shape index (κ1) is 14.6. The molecule has 0 fully saturated rings. The van der Waals surface area contributed by atoms with E-state index in [0.717, 1.165) is 5.82 Å².